The first kappa shape index (κ1) is 9.90. The Bertz CT molecular complexity index is 115. The summed E-state index contributed by atoms with van der Waals surface area (Å²) in [6.07, 6.45) is 0.640. The molecule has 0 unspecified atom stereocenters. The minimum atomic E-state index is -1.23. The molecule has 0 aromatic carbocycles. The quantitative estimate of drug-likeness (QED) is 0.462. The number of hydrogen-bond donors (Lipinski definition) is 0. The van der Waals surface area contributed by atoms with E-state index in [0.29, 0.717) is 12.8 Å². The van der Waals surface area contributed by atoms with Crippen LogP contribution in [0.5, 0.6) is 0 Å². The van der Waals surface area contributed by atoms with Crippen molar-refractivity contribution in [3.05, 3.63) is 0 Å². The van der Waals surface area contributed by atoms with Crippen LogP contribution in [0.3, 0.4) is 0 Å². The normalized spacial score (nSPS) is 12.8. The second kappa shape index (κ2) is 3.92. The van der Waals surface area contributed by atoms with Crippen LogP contribution in [0.1, 0.15) is 6.92 Å². The molecule has 0 saturated heterocycles. The fourth-order valence-electron chi connectivity index (χ4n) is 0.645. The molecule has 0 aromatic rings. The first-order valence-corrected chi connectivity index (χ1v) is 7.32. The Hall–Kier alpha value is -0.100. The number of hydrogen-bond acceptors (Lipinski definition) is 2. The molecule has 0 N–H and O–H groups in total. The van der Waals surface area contributed by atoms with E-state index in [1.807, 2.05) is 6.92 Å². The summed E-state index contributed by atoms with van der Waals surface area (Å²) in [5, 5.41) is 0. The van der Waals surface area contributed by atoms with Crippen molar-refractivity contribution in [3.8, 4) is 0 Å². The number of ether oxygens (including phenoxy) is 1. The number of carbonyl (C=O) groups excluding carboxylic acids is 1. The predicted molar refractivity (Wildman–Crippen MR) is 47.6 cm³/mol. The van der Waals surface area contributed by atoms with Gasteiger partial charge in [0.1, 0.15) is 0 Å². The second-order valence-corrected chi connectivity index (χ2v) is 9.02. The van der Waals surface area contributed by atoms with E-state index < -0.39 is 7.26 Å². The van der Waals surface area contributed by atoms with Gasteiger partial charge in [-0.1, -0.05) is 0 Å². The fourth-order valence-corrected chi connectivity index (χ4v) is 1.61. The SMILES string of the molecule is CCOC(=O)C[PH](C)(C)C. The van der Waals surface area contributed by atoms with Gasteiger partial charge < -0.3 is 0 Å². The van der Waals surface area contributed by atoms with Crippen LogP contribution in [-0.2, 0) is 9.53 Å². The summed E-state index contributed by atoms with van der Waals surface area (Å²) in [7, 11) is -1.23. The van der Waals surface area contributed by atoms with Crippen molar-refractivity contribution in [1.82, 2.24) is 0 Å². The first-order chi connectivity index (χ1) is 4.45. The average Bonchev–Trinajstić information content (AvgIpc) is 1.59. The van der Waals surface area contributed by atoms with Crippen molar-refractivity contribution in [2.45, 2.75) is 6.92 Å². The molecule has 0 fully saturated rings. The number of esters is 1. The topological polar surface area (TPSA) is 26.3 Å². The van der Waals surface area contributed by atoms with Crippen LogP contribution in [0.4, 0.5) is 0 Å². The molecule has 0 aliphatic rings. The van der Waals surface area contributed by atoms with Crippen LogP contribution < -0.4 is 0 Å². The number of rotatable bonds is 3. The van der Waals surface area contributed by atoms with Gasteiger partial charge in [-0.3, -0.25) is 0 Å². The third-order valence-electron chi connectivity index (χ3n) is 0.980. The Labute approximate surface area is 63.3 Å². The summed E-state index contributed by atoms with van der Waals surface area (Å²) in [6.45, 7) is 8.81. The van der Waals surface area contributed by atoms with E-state index in [-0.39, 0.29) is 5.97 Å². The van der Waals surface area contributed by atoms with Gasteiger partial charge in [-0.15, -0.1) is 0 Å². The monoisotopic (exact) mass is 164 g/mol. The Kier molecular flexibility index (Phi) is 3.88. The van der Waals surface area contributed by atoms with Crippen LogP contribution in [0, 0.1) is 0 Å². The van der Waals surface area contributed by atoms with Gasteiger partial charge in [0.05, 0.1) is 0 Å². The molecule has 0 amide bonds. The Morgan fingerprint density at radius 2 is 1.90 bits per heavy atom. The first-order valence-electron chi connectivity index (χ1n) is 3.61. The molecule has 10 heavy (non-hydrogen) atoms. The maximum atomic E-state index is 10.9. The predicted octanol–water partition coefficient (Wildman–Crippen LogP) is 1.19. The van der Waals surface area contributed by atoms with E-state index in [1.54, 1.807) is 0 Å². The fraction of sp³-hybridized carbons (Fsp3) is 0.857. The summed E-state index contributed by atoms with van der Waals surface area (Å²) < 4.78 is 4.81. The van der Waals surface area contributed by atoms with Crippen LogP contribution in [-0.4, -0.2) is 38.7 Å². The summed E-state index contributed by atoms with van der Waals surface area (Å²) in [5.74, 6) is -0.0401. The molecule has 0 rings (SSSR count). The minimum absolute atomic E-state index is 0.0401. The van der Waals surface area contributed by atoms with Crippen LogP contribution in [0.2, 0.25) is 0 Å². The molecule has 0 spiro atoms. The van der Waals surface area contributed by atoms with Gasteiger partial charge in [-0.05, 0) is 0 Å². The second-order valence-electron chi connectivity index (χ2n) is 3.54. The number of carbonyl (C=O) groups is 1. The third-order valence-corrected chi connectivity index (χ3v) is 2.33. The van der Waals surface area contributed by atoms with Crippen molar-refractivity contribution in [2.75, 3.05) is 32.8 Å². The molecule has 0 radical (unpaired) electrons. The van der Waals surface area contributed by atoms with Gasteiger partial charge in [-0.2, -0.15) is 0 Å². The molecule has 0 aromatic heterocycles. The molecular weight excluding hydrogens is 147 g/mol. The third kappa shape index (κ3) is 6.03. The standard InChI is InChI=1S/C7H17O2P/c1-5-9-7(8)6-10(2,3)4/h10H,5-6H2,1-4H3. The Balaban J connectivity index is 3.58. The van der Waals surface area contributed by atoms with Crippen LogP contribution >= 0.6 is 7.26 Å². The van der Waals surface area contributed by atoms with Crippen molar-refractivity contribution in [3.63, 3.8) is 0 Å². The van der Waals surface area contributed by atoms with E-state index in [9.17, 15) is 4.79 Å². The summed E-state index contributed by atoms with van der Waals surface area (Å²) in [6, 6.07) is 0. The van der Waals surface area contributed by atoms with Gasteiger partial charge >= 0.3 is 62.5 Å². The molecule has 3 heteroatoms. The molecule has 0 heterocycles. The maximum absolute atomic E-state index is 10.9. The van der Waals surface area contributed by atoms with E-state index >= 15 is 0 Å². The molecular formula is C7H17O2P. The Morgan fingerprint density at radius 3 is 2.20 bits per heavy atom. The van der Waals surface area contributed by atoms with Gasteiger partial charge in [0, 0.05) is 0 Å². The van der Waals surface area contributed by atoms with E-state index in [0.717, 1.165) is 0 Å². The zero-order valence-electron chi connectivity index (χ0n) is 7.23. The zero-order chi connectivity index (χ0) is 8.20. The van der Waals surface area contributed by atoms with Gasteiger partial charge in [0.25, 0.3) is 0 Å². The van der Waals surface area contributed by atoms with Crippen molar-refractivity contribution >= 4 is 13.2 Å². The van der Waals surface area contributed by atoms with Gasteiger partial charge in [-0.25, -0.2) is 0 Å². The van der Waals surface area contributed by atoms with Crippen LogP contribution in [0.15, 0.2) is 0 Å². The van der Waals surface area contributed by atoms with E-state index in [2.05, 4.69) is 20.0 Å². The molecule has 0 saturated carbocycles. The van der Waals surface area contributed by atoms with Gasteiger partial charge in [0.2, 0.25) is 0 Å². The molecule has 0 bridgehead atoms. The van der Waals surface area contributed by atoms with E-state index in [4.69, 9.17) is 4.74 Å². The molecule has 0 atom stereocenters. The van der Waals surface area contributed by atoms with E-state index in [1.165, 1.54) is 0 Å². The van der Waals surface area contributed by atoms with Crippen molar-refractivity contribution in [1.29, 1.82) is 0 Å². The summed E-state index contributed by atoms with van der Waals surface area (Å²) in [4.78, 5) is 10.9. The average molecular weight is 164 g/mol. The van der Waals surface area contributed by atoms with Crippen LogP contribution in [0.25, 0.3) is 0 Å². The molecule has 62 valence electrons. The molecule has 0 aliphatic carbocycles. The molecule has 0 aliphatic heterocycles. The van der Waals surface area contributed by atoms with Crippen molar-refractivity contribution < 1.29 is 9.53 Å². The summed E-state index contributed by atoms with van der Waals surface area (Å²) >= 11 is 0. The zero-order valence-corrected chi connectivity index (χ0v) is 8.23. The van der Waals surface area contributed by atoms with Crippen molar-refractivity contribution in [2.24, 2.45) is 0 Å². The van der Waals surface area contributed by atoms with Gasteiger partial charge in [0.15, 0.2) is 0 Å². The molecule has 2 nitrogen and oxygen atoms in total. The Morgan fingerprint density at radius 1 is 1.40 bits per heavy atom. The summed E-state index contributed by atoms with van der Waals surface area (Å²) in [5.41, 5.74) is 0.